The quantitative estimate of drug-likeness (QED) is 0.928. The van der Waals surface area contributed by atoms with Gasteiger partial charge in [0.15, 0.2) is 0 Å². The first-order valence-corrected chi connectivity index (χ1v) is 6.97. The number of hydrogen-bond donors (Lipinski definition) is 1. The van der Waals surface area contributed by atoms with E-state index in [-0.39, 0.29) is 11.9 Å². The predicted octanol–water partition coefficient (Wildman–Crippen LogP) is 2.32. The number of carbonyl (C=O) groups is 1. The van der Waals surface area contributed by atoms with Crippen molar-refractivity contribution in [2.45, 2.75) is 18.9 Å². The Kier molecular flexibility index (Phi) is 3.66. The van der Waals surface area contributed by atoms with Crippen molar-refractivity contribution in [3.8, 4) is 0 Å². The second kappa shape index (κ2) is 4.85. The zero-order chi connectivity index (χ0) is 11.7. The van der Waals surface area contributed by atoms with Crippen molar-refractivity contribution in [1.29, 1.82) is 0 Å². The molecular weight excluding hydrogens is 288 g/mol. The molecule has 0 aromatic carbocycles. The molecular formula is C11H15BrN2OS. The third-order valence-corrected chi connectivity index (χ3v) is 4.62. The Labute approximate surface area is 108 Å². The van der Waals surface area contributed by atoms with Crippen molar-refractivity contribution in [3.05, 3.63) is 20.8 Å². The molecule has 1 saturated carbocycles. The van der Waals surface area contributed by atoms with Gasteiger partial charge in [-0.15, -0.1) is 11.3 Å². The smallest absolute Gasteiger partial charge is 0.264 e. The van der Waals surface area contributed by atoms with E-state index >= 15 is 0 Å². The Hall–Kier alpha value is -0.390. The monoisotopic (exact) mass is 302 g/mol. The van der Waals surface area contributed by atoms with Crippen LogP contribution in [0.4, 0.5) is 0 Å². The van der Waals surface area contributed by atoms with Crippen LogP contribution in [0.15, 0.2) is 15.9 Å². The van der Waals surface area contributed by atoms with E-state index in [1.807, 2.05) is 19.2 Å². The molecule has 88 valence electrons. The SMILES string of the molecule is CN(C(=O)c1ccc(Br)s1)C(CN)C1CC1. The van der Waals surface area contributed by atoms with Crippen LogP contribution in [0.5, 0.6) is 0 Å². The molecule has 1 aliphatic carbocycles. The summed E-state index contributed by atoms with van der Waals surface area (Å²) in [5, 5.41) is 0. The van der Waals surface area contributed by atoms with Gasteiger partial charge < -0.3 is 10.6 Å². The fraction of sp³-hybridized carbons (Fsp3) is 0.545. The van der Waals surface area contributed by atoms with Gasteiger partial charge in [0.25, 0.3) is 5.91 Å². The average Bonchev–Trinajstić information content (AvgIpc) is 3.00. The second-order valence-electron chi connectivity index (χ2n) is 4.16. The maximum Gasteiger partial charge on any atom is 0.264 e. The molecule has 16 heavy (non-hydrogen) atoms. The normalized spacial score (nSPS) is 17.2. The van der Waals surface area contributed by atoms with Crippen molar-refractivity contribution in [2.24, 2.45) is 11.7 Å². The van der Waals surface area contributed by atoms with E-state index < -0.39 is 0 Å². The Morgan fingerprint density at radius 2 is 2.38 bits per heavy atom. The Bertz CT molecular complexity index is 389. The van der Waals surface area contributed by atoms with Crippen LogP contribution in [0.1, 0.15) is 22.5 Å². The third-order valence-electron chi connectivity index (χ3n) is 3.01. The summed E-state index contributed by atoms with van der Waals surface area (Å²) < 4.78 is 0.986. The minimum Gasteiger partial charge on any atom is -0.336 e. The van der Waals surface area contributed by atoms with Crippen LogP contribution in [-0.2, 0) is 0 Å². The number of carbonyl (C=O) groups excluding carboxylic acids is 1. The van der Waals surface area contributed by atoms with Gasteiger partial charge in [0, 0.05) is 19.6 Å². The minimum absolute atomic E-state index is 0.0815. The highest BCUT2D eigenvalue weighted by atomic mass is 79.9. The molecule has 1 atom stereocenters. The van der Waals surface area contributed by atoms with Gasteiger partial charge in [-0.25, -0.2) is 0 Å². The molecule has 0 spiro atoms. The highest BCUT2D eigenvalue weighted by Crippen LogP contribution is 2.35. The maximum absolute atomic E-state index is 12.2. The van der Waals surface area contributed by atoms with Crippen molar-refractivity contribution >= 4 is 33.2 Å². The molecule has 0 bridgehead atoms. The van der Waals surface area contributed by atoms with E-state index in [1.165, 1.54) is 24.2 Å². The first-order chi connectivity index (χ1) is 7.63. The summed E-state index contributed by atoms with van der Waals surface area (Å²) in [5.41, 5.74) is 5.74. The second-order valence-corrected chi connectivity index (χ2v) is 6.62. The van der Waals surface area contributed by atoms with Crippen LogP contribution >= 0.6 is 27.3 Å². The predicted molar refractivity (Wildman–Crippen MR) is 69.7 cm³/mol. The van der Waals surface area contributed by atoms with Gasteiger partial charge in [0.2, 0.25) is 0 Å². The fourth-order valence-corrected chi connectivity index (χ4v) is 3.27. The van der Waals surface area contributed by atoms with Crippen molar-refractivity contribution in [2.75, 3.05) is 13.6 Å². The summed E-state index contributed by atoms with van der Waals surface area (Å²) in [5.74, 6) is 0.695. The number of halogens is 1. The van der Waals surface area contributed by atoms with Crippen LogP contribution in [0.25, 0.3) is 0 Å². The number of nitrogens with zero attached hydrogens (tertiary/aromatic N) is 1. The molecule has 1 aliphatic rings. The lowest BCUT2D eigenvalue weighted by Gasteiger charge is -2.26. The summed E-state index contributed by atoms with van der Waals surface area (Å²) in [4.78, 5) is 14.7. The molecule has 1 amide bonds. The van der Waals surface area contributed by atoms with Gasteiger partial charge in [-0.3, -0.25) is 4.79 Å². The van der Waals surface area contributed by atoms with Gasteiger partial charge >= 0.3 is 0 Å². The highest BCUT2D eigenvalue weighted by molar-refractivity contribution is 9.11. The molecule has 1 unspecified atom stereocenters. The number of rotatable bonds is 4. The number of thiophene rings is 1. The molecule has 0 aliphatic heterocycles. The van der Waals surface area contributed by atoms with Gasteiger partial charge in [-0.2, -0.15) is 0 Å². The zero-order valence-electron chi connectivity index (χ0n) is 9.15. The van der Waals surface area contributed by atoms with Gasteiger partial charge in [0.1, 0.15) is 0 Å². The van der Waals surface area contributed by atoms with E-state index in [2.05, 4.69) is 15.9 Å². The fourth-order valence-electron chi connectivity index (χ4n) is 1.90. The molecule has 2 N–H and O–H groups in total. The molecule has 1 aromatic rings. The first kappa shape index (κ1) is 12.1. The lowest BCUT2D eigenvalue weighted by molar-refractivity contribution is 0.0723. The van der Waals surface area contributed by atoms with E-state index in [1.54, 1.807) is 4.90 Å². The molecule has 5 heteroatoms. The van der Waals surface area contributed by atoms with Gasteiger partial charge in [-0.05, 0) is 46.8 Å². The molecule has 1 fully saturated rings. The number of nitrogens with two attached hydrogens (primary N) is 1. The lowest BCUT2D eigenvalue weighted by Crippen LogP contribution is -2.43. The summed E-state index contributed by atoms with van der Waals surface area (Å²) in [6.07, 6.45) is 2.40. The van der Waals surface area contributed by atoms with Crippen molar-refractivity contribution in [1.82, 2.24) is 4.90 Å². The van der Waals surface area contributed by atoms with Crippen molar-refractivity contribution in [3.63, 3.8) is 0 Å². The summed E-state index contributed by atoms with van der Waals surface area (Å²) in [7, 11) is 1.85. The molecule has 1 heterocycles. The van der Waals surface area contributed by atoms with Crippen molar-refractivity contribution < 1.29 is 4.79 Å². The molecule has 1 aromatic heterocycles. The molecule has 0 radical (unpaired) electrons. The van der Waals surface area contributed by atoms with Crippen LogP contribution in [0, 0.1) is 5.92 Å². The van der Waals surface area contributed by atoms with Crippen LogP contribution < -0.4 is 5.73 Å². The van der Waals surface area contributed by atoms with Gasteiger partial charge in [0.05, 0.1) is 8.66 Å². The number of amides is 1. The van der Waals surface area contributed by atoms with Gasteiger partial charge in [-0.1, -0.05) is 0 Å². The van der Waals surface area contributed by atoms with E-state index in [9.17, 15) is 4.79 Å². The minimum atomic E-state index is 0.0815. The first-order valence-electron chi connectivity index (χ1n) is 5.36. The van der Waals surface area contributed by atoms with E-state index in [0.29, 0.717) is 12.5 Å². The molecule has 0 saturated heterocycles. The zero-order valence-corrected chi connectivity index (χ0v) is 11.6. The third kappa shape index (κ3) is 2.47. The maximum atomic E-state index is 12.2. The van der Waals surface area contributed by atoms with E-state index in [0.717, 1.165) is 8.66 Å². The Morgan fingerprint density at radius 1 is 1.69 bits per heavy atom. The standard InChI is InChI=1S/C11H15BrN2OS/c1-14(8(6-13)7-2-3-7)11(15)9-4-5-10(12)16-9/h4-5,7-8H,2-3,6,13H2,1H3. The highest BCUT2D eigenvalue weighted by Gasteiger charge is 2.35. The summed E-state index contributed by atoms with van der Waals surface area (Å²) in [6.45, 7) is 0.555. The average molecular weight is 303 g/mol. The topological polar surface area (TPSA) is 46.3 Å². The molecule has 2 rings (SSSR count). The Morgan fingerprint density at radius 3 is 2.81 bits per heavy atom. The van der Waals surface area contributed by atoms with Crippen LogP contribution in [0.2, 0.25) is 0 Å². The molecule has 3 nitrogen and oxygen atoms in total. The van der Waals surface area contributed by atoms with Crippen LogP contribution in [0.3, 0.4) is 0 Å². The summed E-state index contributed by atoms with van der Waals surface area (Å²) >= 11 is 4.84. The lowest BCUT2D eigenvalue weighted by atomic mass is 10.1. The number of likely N-dealkylation sites (N-methyl/N-ethyl adjacent to an activating group) is 1. The van der Waals surface area contributed by atoms with E-state index in [4.69, 9.17) is 5.73 Å². The number of hydrogen-bond acceptors (Lipinski definition) is 3. The Balaban J connectivity index is 2.08. The summed E-state index contributed by atoms with van der Waals surface area (Å²) in [6, 6.07) is 3.96. The largest absolute Gasteiger partial charge is 0.336 e. The van der Waals surface area contributed by atoms with Crippen LogP contribution in [-0.4, -0.2) is 30.4 Å².